The van der Waals surface area contributed by atoms with Gasteiger partial charge in [0.15, 0.2) is 5.60 Å². The summed E-state index contributed by atoms with van der Waals surface area (Å²) in [5.74, 6) is -1.13. The second kappa shape index (κ2) is 7.85. The zero-order valence-corrected chi connectivity index (χ0v) is 14.8. The van der Waals surface area contributed by atoms with Crippen LogP contribution in [0.3, 0.4) is 0 Å². The number of hydrogen-bond acceptors (Lipinski definition) is 4. The van der Waals surface area contributed by atoms with Gasteiger partial charge in [0.05, 0.1) is 12.7 Å². The summed E-state index contributed by atoms with van der Waals surface area (Å²) in [7, 11) is 1.29. The van der Waals surface area contributed by atoms with E-state index in [1.54, 1.807) is 66.7 Å². The summed E-state index contributed by atoms with van der Waals surface area (Å²) in [4.78, 5) is 24.8. The van der Waals surface area contributed by atoms with Crippen molar-refractivity contribution >= 4 is 17.6 Å². The fourth-order valence-electron chi connectivity index (χ4n) is 2.85. The minimum atomic E-state index is -1.89. The Kier molecular flexibility index (Phi) is 5.33. The van der Waals surface area contributed by atoms with Crippen molar-refractivity contribution in [1.82, 2.24) is 0 Å². The van der Waals surface area contributed by atoms with E-state index in [0.29, 0.717) is 22.4 Å². The molecule has 0 saturated heterocycles. The molecule has 5 nitrogen and oxygen atoms in total. The van der Waals surface area contributed by atoms with Crippen molar-refractivity contribution in [3.63, 3.8) is 0 Å². The summed E-state index contributed by atoms with van der Waals surface area (Å²) >= 11 is 0. The quantitative estimate of drug-likeness (QED) is 0.684. The summed E-state index contributed by atoms with van der Waals surface area (Å²) in [5, 5.41) is 14.1. The van der Waals surface area contributed by atoms with Gasteiger partial charge in [-0.25, -0.2) is 4.79 Å². The zero-order chi connectivity index (χ0) is 19.3. The fraction of sp³-hybridized carbons (Fsp3) is 0.0909. The molecular formula is C22H19NO4. The van der Waals surface area contributed by atoms with Crippen molar-refractivity contribution in [2.45, 2.75) is 5.60 Å². The lowest BCUT2D eigenvalue weighted by Crippen LogP contribution is -2.41. The molecule has 3 rings (SSSR count). The molecule has 1 amide bonds. The first-order chi connectivity index (χ1) is 13.1. The van der Waals surface area contributed by atoms with Gasteiger partial charge >= 0.3 is 5.97 Å². The van der Waals surface area contributed by atoms with Crippen LogP contribution in [-0.2, 0) is 15.1 Å². The maximum atomic E-state index is 13.1. The minimum absolute atomic E-state index is 0.304. The van der Waals surface area contributed by atoms with Crippen molar-refractivity contribution in [3.05, 3.63) is 102 Å². The number of amides is 1. The van der Waals surface area contributed by atoms with Gasteiger partial charge in [-0.15, -0.1) is 0 Å². The van der Waals surface area contributed by atoms with Crippen LogP contribution >= 0.6 is 0 Å². The van der Waals surface area contributed by atoms with E-state index in [9.17, 15) is 14.7 Å². The van der Waals surface area contributed by atoms with Crippen LogP contribution in [0, 0.1) is 0 Å². The normalized spacial score (nSPS) is 10.9. The molecule has 0 aliphatic rings. The smallest absolute Gasteiger partial charge is 0.337 e. The average Bonchev–Trinajstić information content (AvgIpc) is 2.74. The number of esters is 1. The molecule has 5 heteroatoms. The lowest BCUT2D eigenvalue weighted by molar-refractivity contribution is -0.131. The highest BCUT2D eigenvalue weighted by Gasteiger charge is 2.39. The highest BCUT2D eigenvalue weighted by atomic mass is 16.5. The molecule has 0 unspecified atom stereocenters. The SMILES string of the molecule is COC(=O)c1cccc(NC(=O)C(O)(c2ccccc2)c2ccccc2)c1. The number of hydrogen-bond donors (Lipinski definition) is 2. The highest BCUT2D eigenvalue weighted by Crippen LogP contribution is 2.31. The molecule has 0 heterocycles. The lowest BCUT2D eigenvalue weighted by atomic mass is 9.85. The predicted octanol–water partition coefficient (Wildman–Crippen LogP) is 3.35. The molecule has 0 atom stereocenters. The number of ether oxygens (including phenoxy) is 1. The fourth-order valence-corrected chi connectivity index (χ4v) is 2.85. The van der Waals surface area contributed by atoms with Crippen LogP contribution in [0.5, 0.6) is 0 Å². The molecular weight excluding hydrogens is 342 g/mol. The molecule has 0 aromatic heterocycles. The van der Waals surface area contributed by atoms with Crippen LogP contribution in [0.1, 0.15) is 21.5 Å². The van der Waals surface area contributed by atoms with Crippen LogP contribution in [-0.4, -0.2) is 24.1 Å². The van der Waals surface area contributed by atoms with E-state index < -0.39 is 17.5 Å². The predicted molar refractivity (Wildman–Crippen MR) is 102 cm³/mol. The topological polar surface area (TPSA) is 75.6 Å². The first-order valence-electron chi connectivity index (χ1n) is 8.39. The highest BCUT2D eigenvalue weighted by molar-refractivity contribution is 6.01. The number of aliphatic hydroxyl groups is 1. The van der Waals surface area contributed by atoms with E-state index >= 15 is 0 Å². The Balaban J connectivity index is 1.99. The van der Waals surface area contributed by atoms with Crippen LogP contribution in [0.25, 0.3) is 0 Å². The van der Waals surface area contributed by atoms with Gasteiger partial charge in [-0.2, -0.15) is 0 Å². The molecule has 27 heavy (non-hydrogen) atoms. The number of methoxy groups -OCH3 is 1. The number of nitrogens with one attached hydrogen (secondary N) is 1. The van der Waals surface area contributed by atoms with E-state index in [4.69, 9.17) is 4.74 Å². The average molecular weight is 361 g/mol. The Labute approximate surface area is 157 Å². The Morgan fingerprint density at radius 3 is 1.93 bits per heavy atom. The first kappa shape index (κ1) is 18.4. The van der Waals surface area contributed by atoms with Crippen LogP contribution in [0.2, 0.25) is 0 Å². The van der Waals surface area contributed by atoms with Gasteiger partial charge in [0, 0.05) is 5.69 Å². The van der Waals surface area contributed by atoms with E-state index in [0.717, 1.165) is 0 Å². The van der Waals surface area contributed by atoms with Crippen LogP contribution < -0.4 is 5.32 Å². The zero-order valence-electron chi connectivity index (χ0n) is 14.8. The van der Waals surface area contributed by atoms with E-state index in [-0.39, 0.29) is 0 Å². The summed E-state index contributed by atoms with van der Waals surface area (Å²) in [5.41, 5.74) is -0.314. The third-order valence-electron chi connectivity index (χ3n) is 4.25. The monoisotopic (exact) mass is 361 g/mol. The van der Waals surface area contributed by atoms with Gasteiger partial charge in [-0.3, -0.25) is 4.79 Å². The van der Waals surface area contributed by atoms with Gasteiger partial charge in [-0.05, 0) is 29.3 Å². The standard InChI is InChI=1S/C22H19NO4/c1-27-20(24)16-9-8-14-19(15-16)23-21(25)22(26,17-10-4-2-5-11-17)18-12-6-3-7-13-18/h2-15,26H,1H3,(H,23,25). The number of rotatable bonds is 5. The summed E-state index contributed by atoms with van der Waals surface area (Å²) in [6.07, 6.45) is 0. The van der Waals surface area contributed by atoms with Crippen molar-refractivity contribution in [2.24, 2.45) is 0 Å². The number of anilines is 1. The molecule has 136 valence electrons. The molecule has 3 aromatic carbocycles. The Hall–Kier alpha value is -3.44. The molecule has 0 fully saturated rings. The first-order valence-corrected chi connectivity index (χ1v) is 8.39. The van der Waals surface area contributed by atoms with Gasteiger partial charge in [-0.1, -0.05) is 66.7 Å². The number of benzene rings is 3. The maximum Gasteiger partial charge on any atom is 0.337 e. The Morgan fingerprint density at radius 2 is 1.41 bits per heavy atom. The second-order valence-electron chi connectivity index (χ2n) is 5.97. The molecule has 0 saturated carbocycles. The Morgan fingerprint density at radius 1 is 0.852 bits per heavy atom. The molecule has 0 aliphatic heterocycles. The molecule has 0 spiro atoms. The van der Waals surface area contributed by atoms with Gasteiger partial charge in [0.1, 0.15) is 0 Å². The van der Waals surface area contributed by atoms with E-state index in [1.807, 2.05) is 12.1 Å². The summed E-state index contributed by atoms with van der Waals surface area (Å²) < 4.78 is 4.70. The lowest BCUT2D eigenvalue weighted by Gasteiger charge is -2.28. The van der Waals surface area contributed by atoms with Gasteiger partial charge in [0.25, 0.3) is 5.91 Å². The molecule has 0 radical (unpaired) electrons. The molecule has 0 aliphatic carbocycles. The summed E-state index contributed by atoms with van der Waals surface area (Å²) in [6.45, 7) is 0. The number of carbonyl (C=O) groups is 2. The van der Waals surface area contributed by atoms with Crippen molar-refractivity contribution in [2.75, 3.05) is 12.4 Å². The van der Waals surface area contributed by atoms with Crippen LogP contribution in [0.15, 0.2) is 84.9 Å². The largest absolute Gasteiger partial charge is 0.465 e. The van der Waals surface area contributed by atoms with Crippen molar-refractivity contribution < 1.29 is 19.4 Å². The summed E-state index contributed by atoms with van der Waals surface area (Å²) in [6, 6.07) is 23.8. The maximum absolute atomic E-state index is 13.1. The van der Waals surface area contributed by atoms with Crippen molar-refractivity contribution in [3.8, 4) is 0 Å². The van der Waals surface area contributed by atoms with E-state index in [1.165, 1.54) is 13.2 Å². The van der Waals surface area contributed by atoms with Crippen molar-refractivity contribution in [1.29, 1.82) is 0 Å². The van der Waals surface area contributed by atoms with Gasteiger partial charge in [0.2, 0.25) is 0 Å². The van der Waals surface area contributed by atoms with Crippen LogP contribution in [0.4, 0.5) is 5.69 Å². The number of carbonyl (C=O) groups excluding carboxylic acids is 2. The molecule has 3 aromatic rings. The van der Waals surface area contributed by atoms with E-state index in [2.05, 4.69) is 5.32 Å². The van der Waals surface area contributed by atoms with Gasteiger partial charge < -0.3 is 15.2 Å². The third kappa shape index (κ3) is 3.73. The second-order valence-corrected chi connectivity index (χ2v) is 5.97. The minimum Gasteiger partial charge on any atom is -0.465 e. The molecule has 0 bridgehead atoms. The Bertz CT molecular complexity index is 899. The third-order valence-corrected chi connectivity index (χ3v) is 4.25. The molecule has 2 N–H and O–H groups in total.